The van der Waals surface area contributed by atoms with Crippen molar-refractivity contribution in [2.45, 2.75) is 13.0 Å². The van der Waals surface area contributed by atoms with Gasteiger partial charge in [0, 0.05) is 16.7 Å². The van der Waals surface area contributed by atoms with Crippen molar-refractivity contribution in [3.8, 4) is 0 Å². The lowest BCUT2D eigenvalue weighted by atomic mass is 10.2. The van der Waals surface area contributed by atoms with Crippen LogP contribution >= 0.6 is 15.9 Å². The molecule has 1 rings (SSSR count). The van der Waals surface area contributed by atoms with E-state index in [4.69, 9.17) is 0 Å². The molecular weight excluding hydrogens is 268 g/mol. The van der Waals surface area contributed by atoms with Gasteiger partial charge in [0.05, 0.1) is 0 Å². The van der Waals surface area contributed by atoms with Crippen molar-refractivity contribution in [1.82, 2.24) is 5.32 Å². The molecule has 16 heavy (non-hydrogen) atoms. The molecule has 0 aliphatic carbocycles. The Labute approximate surface area is 104 Å². The molecule has 0 aliphatic heterocycles. The van der Waals surface area contributed by atoms with Crippen molar-refractivity contribution in [1.29, 1.82) is 0 Å². The fourth-order valence-electron chi connectivity index (χ4n) is 1.19. The average Bonchev–Trinajstić information content (AvgIpc) is 2.29. The SMILES string of the molecule is C=CCNC(=O)C(C)Nc1ccc(Br)cc1. The van der Waals surface area contributed by atoms with E-state index in [0.717, 1.165) is 10.2 Å². The first-order valence-corrected chi connectivity index (χ1v) is 5.83. The lowest BCUT2D eigenvalue weighted by Gasteiger charge is -2.14. The number of anilines is 1. The van der Waals surface area contributed by atoms with Gasteiger partial charge in [0.25, 0.3) is 0 Å². The fourth-order valence-corrected chi connectivity index (χ4v) is 1.45. The van der Waals surface area contributed by atoms with Crippen LogP contribution in [0.15, 0.2) is 41.4 Å². The van der Waals surface area contributed by atoms with E-state index in [1.54, 1.807) is 6.08 Å². The van der Waals surface area contributed by atoms with Crippen molar-refractivity contribution in [3.05, 3.63) is 41.4 Å². The Hall–Kier alpha value is -1.29. The highest BCUT2D eigenvalue weighted by molar-refractivity contribution is 9.10. The van der Waals surface area contributed by atoms with Crippen molar-refractivity contribution in [2.75, 3.05) is 11.9 Å². The van der Waals surface area contributed by atoms with Gasteiger partial charge in [-0.15, -0.1) is 6.58 Å². The zero-order valence-corrected chi connectivity index (χ0v) is 10.8. The molecule has 0 radical (unpaired) electrons. The summed E-state index contributed by atoms with van der Waals surface area (Å²) in [6, 6.07) is 7.43. The quantitative estimate of drug-likeness (QED) is 0.815. The summed E-state index contributed by atoms with van der Waals surface area (Å²) in [5, 5.41) is 5.85. The third-order valence-corrected chi connectivity index (χ3v) is 2.57. The van der Waals surface area contributed by atoms with Gasteiger partial charge in [0.2, 0.25) is 5.91 Å². The topological polar surface area (TPSA) is 41.1 Å². The molecule has 1 aromatic carbocycles. The summed E-state index contributed by atoms with van der Waals surface area (Å²) >= 11 is 3.36. The molecule has 1 aromatic rings. The second-order valence-electron chi connectivity index (χ2n) is 3.41. The molecule has 1 unspecified atom stereocenters. The van der Waals surface area contributed by atoms with Crippen LogP contribution in [0, 0.1) is 0 Å². The molecule has 0 bridgehead atoms. The minimum absolute atomic E-state index is 0.0391. The molecular formula is C12H15BrN2O. The number of carbonyl (C=O) groups excluding carboxylic acids is 1. The summed E-state index contributed by atoms with van der Waals surface area (Å²) in [4.78, 5) is 11.5. The Morgan fingerprint density at radius 3 is 2.69 bits per heavy atom. The highest BCUT2D eigenvalue weighted by Crippen LogP contribution is 2.14. The van der Waals surface area contributed by atoms with Crippen LogP contribution in [0.4, 0.5) is 5.69 Å². The van der Waals surface area contributed by atoms with Crippen LogP contribution < -0.4 is 10.6 Å². The summed E-state index contributed by atoms with van der Waals surface area (Å²) in [5.41, 5.74) is 0.921. The summed E-state index contributed by atoms with van der Waals surface area (Å²) in [7, 11) is 0. The Morgan fingerprint density at radius 1 is 1.50 bits per heavy atom. The van der Waals surface area contributed by atoms with Crippen LogP contribution in [0.2, 0.25) is 0 Å². The fraction of sp³-hybridized carbons (Fsp3) is 0.250. The average molecular weight is 283 g/mol. The summed E-state index contributed by atoms with van der Waals surface area (Å²) < 4.78 is 1.02. The molecule has 3 nitrogen and oxygen atoms in total. The summed E-state index contributed by atoms with van der Waals surface area (Å²) in [6.07, 6.45) is 1.66. The van der Waals surface area contributed by atoms with E-state index < -0.39 is 0 Å². The van der Waals surface area contributed by atoms with E-state index in [-0.39, 0.29) is 11.9 Å². The predicted octanol–water partition coefficient (Wildman–Crippen LogP) is 2.55. The largest absolute Gasteiger partial charge is 0.374 e. The first kappa shape index (κ1) is 12.8. The van der Waals surface area contributed by atoms with E-state index >= 15 is 0 Å². The Morgan fingerprint density at radius 2 is 2.12 bits per heavy atom. The highest BCUT2D eigenvalue weighted by atomic mass is 79.9. The molecule has 0 saturated carbocycles. The molecule has 4 heteroatoms. The molecule has 0 aromatic heterocycles. The smallest absolute Gasteiger partial charge is 0.242 e. The second kappa shape index (κ2) is 6.33. The number of carbonyl (C=O) groups is 1. The molecule has 1 atom stereocenters. The van der Waals surface area contributed by atoms with Crippen LogP contribution in [0.1, 0.15) is 6.92 Å². The number of amides is 1. The summed E-state index contributed by atoms with van der Waals surface area (Å²) in [6.45, 7) is 5.86. The lowest BCUT2D eigenvalue weighted by Crippen LogP contribution is -2.37. The number of hydrogen-bond donors (Lipinski definition) is 2. The van der Waals surface area contributed by atoms with Crippen LogP contribution in [-0.4, -0.2) is 18.5 Å². The van der Waals surface area contributed by atoms with Crippen molar-refractivity contribution in [3.63, 3.8) is 0 Å². The third-order valence-electron chi connectivity index (χ3n) is 2.04. The van der Waals surface area contributed by atoms with Crippen LogP contribution in [0.5, 0.6) is 0 Å². The van der Waals surface area contributed by atoms with Crippen LogP contribution in [-0.2, 0) is 4.79 Å². The number of halogens is 1. The van der Waals surface area contributed by atoms with Crippen molar-refractivity contribution < 1.29 is 4.79 Å². The molecule has 0 saturated heterocycles. The molecule has 0 aliphatic rings. The maximum Gasteiger partial charge on any atom is 0.242 e. The molecule has 1 amide bonds. The number of hydrogen-bond acceptors (Lipinski definition) is 2. The zero-order valence-electron chi connectivity index (χ0n) is 9.16. The van der Waals surface area contributed by atoms with Gasteiger partial charge >= 0.3 is 0 Å². The number of benzene rings is 1. The van der Waals surface area contributed by atoms with Gasteiger partial charge in [0.15, 0.2) is 0 Å². The van der Waals surface area contributed by atoms with Gasteiger partial charge < -0.3 is 10.6 Å². The van der Waals surface area contributed by atoms with E-state index in [1.165, 1.54) is 0 Å². The lowest BCUT2D eigenvalue weighted by molar-refractivity contribution is -0.121. The monoisotopic (exact) mass is 282 g/mol. The molecule has 86 valence electrons. The molecule has 0 heterocycles. The van der Waals surface area contributed by atoms with Gasteiger partial charge in [0.1, 0.15) is 6.04 Å². The van der Waals surface area contributed by atoms with E-state index in [1.807, 2.05) is 31.2 Å². The highest BCUT2D eigenvalue weighted by Gasteiger charge is 2.10. The first-order chi connectivity index (χ1) is 7.63. The standard InChI is InChI=1S/C12H15BrN2O/c1-3-8-14-12(16)9(2)15-11-6-4-10(13)5-7-11/h3-7,9,15H,1,8H2,2H3,(H,14,16). The second-order valence-corrected chi connectivity index (χ2v) is 4.32. The summed E-state index contributed by atoms with van der Waals surface area (Å²) in [5.74, 6) is -0.0391. The first-order valence-electron chi connectivity index (χ1n) is 5.04. The zero-order chi connectivity index (χ0) is 12.0. The van der Waals surface area contributed by atoms with Gasteiger partial charge in [-0.1, -0.05) is 22.0 Å². The van der Waals surface area contributed by atoms with E-state index in [9.17, 15) is 4.79 Å². The Balaban J connectivity index is 2.50. The predicted molar refractivity (Wildman–Crippen MR) is 70.4 cm³/mol. The van der Waals surface area contributed by atoms with Gasteiger partial charge in [-0.3, -0.25) is 4.79 Å². The minimum atomic E-state index is -0.263. The van der Waals surface area contributed by atoms with Crippen LogP contribution in [0.25, 0.3) is 0 Å². The van der Waals surface area contributed by atoms with Crippen molar-refractivity contribution in [2.24, 2.45) is 0 Å². The maximum atomic E-state index is 11.5. The van der Waals surface area contributed by atoms with Crippen LogP contribution in [0.3, 0.4) is 0 Å². The third kappa shape index (κ3) is 4.06. The van der Waals surface area contributed by atoms with Gasteiger partial charge in [-0.2, -0.15) is 0 Å². The van der Waals surface area contributed by atoms with E-state index in [0.29, 0.717) is 6.54 Å². The molecule has 2 N–H and O–H groups in total. The Bertz CT molecular complexity index is 362. The molecule has 0 fully saturated rings. The normalized spacial score (nSPS) is 11.6. The Kier molecular flexibility index (Phi) is 5.05. The minimum Gasteiger partial charge on any atom is -0.374 e. The van der Waals surface area contributed by atoms with Gasteiger partial charge in [-0.25, -0.2) is 0 Å². The molecule has 0 spiro atoms. The van der Waals surface area contributed by atoms with Crippen molar-refractivity contribution >= 4 is 27.5 Å². The maximum absolute atomic E-state index is 11.5. The van der Waals surface area contributed by atoms with Gasteiger partial charge in [-0.05, 0) is 31.2 Å². The van der Waals surface area contributed by atoms with E-state index in [2.05, 4.69) is 33.1 Å². The number of rotatable bonds is 5. The number of nitrogens with one attached hydrogen (secondary N) is 2.